The molecule has 0 amide bonds. The number of nitrogens with zero attached hydrogens (tertiary/aromatic N) is 6. The topological polar surface area (TPSA) is 78.0 Å². The second-order valence-corrected chi connectivity index (χ2v) is 6.64. The van der Waals surface area contributed by atoms with E-state index in [1.54, 1.807) is 21.5 Å². The lowest BCUT2D eigenvalue weighted by atomic mass is 10.2. The minimum Gasteiger partial charge on any atom is -0.289 e. The van der Waals surface area contributed by atoms with Gasteiger partial charge in [-0.15, -0.1) is 10.2 Å². The van der Waals surface area contributed by atoms with Crippen molar-refractivity contribution in [3.8, 4) is 0 Å². The summed E-state index contributed by atoms with van der Waals surface area (Å²) in [5, 5.41) is 14.4. The summed E-state index contributed by atoms with van der Waals surface area (Å²) in [4.78, 5) is 17.9. The van der Waals surface area contributed by atoms with Crippen LogP contribution >= 0.6 is 11.3 Å². The molecule has 0 saturated carbocycles. The molecule has 1 aromatic carbocycles. The van der Waals surface area contributed by atoms with E-state index in [0.717, 1.165) is 28.6 Å². The Morgan fingerprint density at radius 1 is 1.25 bits per heavy atom. The quantitative estimate of drug-likeness (QED) is 0.570. The van der Waals surface area contributed by atoms with E-state index >= 15 is 0 Å². The molecule has 1 unspecified atom stereocenters. The van der Waals surface area contributed by atoms with Crippen LogP contribution in [0.1, 0.15) is 37.1 Å². The molecule has 0 bridgehead atoms. The van der Waals surface area contributed by atoms with Crippen molar-refractivity contribution in [1.29, 1.82) is 0 Å². The molecular formula is C16H16N6OS. The zero-order chi connectivity index (χ0) is 16.7. The van der Waals surface area contributed by atoms with Crippen LogP contribution in [0.4, 0.5) is 0 Å². The van der Waals surface area contributed by atoms with Crippen LogP contribution in [-0.4, -0.2) is 29.4 Å². The van der Waals surface area contributed by atoms with Crippen LogP contribution in [0.2, 0.25) is 0 Å². The fourth-order valence-corrected chi connectivity index (χ4v) is 3.61. The van der Waals surface area contributed by atoms with Crippen LogP contribution in [0.25, 0.3) is 15.9 Å². The average molecular weight is 340 g/mol. The van der Waals surface area contributed by atoms with Crippen molar-refractivity contribution in [3.63, 3.8) is 0 Å². The van der Waals surface area contributed by atoms with Gasteiger partial charge in [-0.2, -0.15) is 9.61 Å². The van der Waals surface area contributed by atoms with E-state index in [1.165, 1.54) is 11.3 Å². The molecule has 0 radical (unpaired) electrons. The summed E-state index contributed by atoms with van der Waals surface area (Å²) in [6.45, 7) is 4.04. The van der Waals surface area contributed by atoms with Crippen LogP contribution in [0.5, 0.6) is 0 Å². The first kappa shape index (κ1) is 14.9. The highest BCUT2D eigenvalue weighted by Gasteiger charge is 2.18. The molecule has 0 saturated heterocycles. The Bertz CT molecular complexity index is 1080. The van der Waals surface area contributed by atoms with E-state index < -0.39 is 0 Å². The Morgan fingerprint density at radius 3 is 2.92 bits per heavy atom. The molecule has 122 valence electrons. The summed E-state index contributed by atoms with van der Waals surface area (Å²) >= 11 is 1.45. The summed E-state index contributed by atoms with van der Waals surface area (Å²) in [6.07, 6.45) is 3.40. The normalized spacial score (nSPS) is 12.9. The number of hydrogen-bond donors (Lipinski definition) is 0. The summed E-state index contributed by atoms with van der Waals surface area (Å²) < 4.78 is 3.40. The Kier molecular flexibility index (Phi) is 3.61. The van der Waals surface area contributed by atoms with Gasteiger partial charge in [0.1, 0.15) is 5.01 Å². The van der Waals surface area contributed by atoms with Gasteiger partial charge in [0, 0.05) is 6.42 Å². The SMILES string of the molecule is CCCc1nnc2sc(C(C)n3cnc4ccccc4c3=O)nn12. The fraction of sp³-hybridized carbons (Fsp3) is 0.312. The third kappa shape index (κ3) is 2.30. The third-order valence-electron chi connectivity index (χ3n) is 4.01. The van der Waals surface area contributed by atoms with Crippen molar-refractivity contribution in [2.24, 2.45) is 0 Å². The van der Waals surface area contributed by atoms with Gasteiger partial charge in [0.25, 0.3) is 5.56 Å². The minimum atomic E-state index is -0.212. The molecule has 0 N–H and O–H groups in total. The number of rotatable bonds is 4. The van der Waals surface area contributed by atoms with E-state index in [9.17, 15) is 4.79 Å². The smallest absolute Gasteiger partial charge is 0.261 e. The van der Waals surface area contributed by atoms with Crippen LogP contribution in [0, 0.1) is 0 Å². The van der Waals surface area contributed by atoms with Gasteiger partial charge in [0.05, 0.1) is 23.3 Å². The van der Waals surface area contributed by atoms with E-state index in [0.29, 0.717) is 10.9 Å². The van der Waals surface area contributed by atoms with Crippen LogP contribution < -0.4 is 5.56 Å². The van der Waals surface area contributed by atoms with Gasteiger partial charge in [-0.05, 0) is 25.5 Å². The number of para-hydroxylation sites is 1. The minimum absolute atomic E-state index is 0.0622. The Hall–Kier alpha value is -2.61. The van der Waals surface area contributed by atoms with Gasteiger partial charge >= 0.3 is 0 Å². The molecule has 7 nitrogen and oxygen atoms in total. The lowest BCUT2D eigenvalue weighted by molar-refractivity contribution is 0.593. The predicted octanol–water partition coefficient (Wildman–Crippen LogP) is 2.46. The highest BCUT2D eigenvalue weighted by atomic mass is 32.1. The zero-order valence-electron chi connectivity index (χ0n) is 13.4. The van der Waals surface area contributed by atoms with Crippen LogP contribution in [-0.2, 0) is 6.42 Å². The maximum Gasteiger partial charge on any atom is 0.261 e. The molecule has 0 fully saturated rings. The number of hydrogen-bond acceptors (Lipinski definition) is 6. The van der Waals surface area contributed by atoms with E-state index in [1.807, 2.05) is 25.1 Å². The lowest BCUT2D eigenvalue weighted by Crippen LogP contribution is -2.24. The number of benzene rings is 1. The first-order valence-electron chi connectivity index (χ1n) is 7.86. The van der Waals surface area contributed by atoms with Gasteiger partial charge in [-0.25, -0.2) is 4.98 Å². The second-order valence-electron chi connectivity index (χ2n) is 5.65. The summed E-state index contributed by atoms with van der Waals surface area (Å²) in [5.41, 5.74) is 0.641. The maximum absolute atomic E-state index is 12.7. The molecule has 0 spiro atoms. The average Bonchev–Trinajstić information content (AvgIpc) is 3.17. The van der Waals surface area contributed by atoms with Crippen molar-refractivity contribution < 1.29 is 0 Å². The van der Waals surface area contributed by atoms with Gasteiger partial charge in [-0.3, -0.25) is 9.36 Å². The second kappa shape index (κ2) is 5.79. The van der Waals surface area contributed by atoms with E-state index in [-0.39, 0.29) is 11.6 Å². The van der Waals surface area contributed by atoms with Crippen molar-refractivity contribution in [2.75, 3.05) is 0 Å². The number of aryl methyl sites for hydroxylation is 1. The van der Waals surface area contributed by atoms with Gasteiger partial charge < -0.3 is 0 Å². The first-order chi connectivity index (χ1) is 11.7. The van der Waals surface area contributed by atoms with Crippen molar-refractivity contribution in [2.45, 2.75) is 32.7 Å². The maximum atomic E-state index is 12.7. The van der Waals surface area contributed by atoms with E-state index in [4.69, 9.17) is 0 Å². The highest BCUT2D eigenvalue weighted by Crippen LogP contribution is 2.23. The van der Waals surface area contributed by atoms with Crippen molar-refractivity contribution in [1.82, 2.24) is 29.4 Å². The lowest BCUT2D eigenvalue weighted by Gasteiger charge is -2.12. The molecule has 4 aromatic rings. The van der Waals surface area contributed by atoms with Gasteiger partial charge in [0.2, 0.25) is 4.96 Å². The standard InChI is InChI=1S/C16H16N6OS/c1-3-6-13-18-19-16-22(13)20-14(24-16)10(2)21-9-17-12-8-5-4-7-11(12)15(21)23/h4-5,7-10H,3,6H2,1-2H3. The fourth-order valence-electron chi connectivity index (χ4n) is 2.70. The first-order valence-corrected chi connectivity index (χ1v) is 8.67. The van der Waals surface area contributed by atoms with E-state index in [2.05, 4.69) is 27.2 Å². The highest BCUT2D eigenvalue weighted by molar-refractivity contribution is 7.16. The largest absolute Gasteiger partial charge is 0.289 e. The van der Waals surface area contributed by atoms with Gasteiger partial charge in [0.15, 0.2) is 5.82 Å². The number of fused-ring (bicyclic) bond motifs is 2. The molecule has 3 heterocycles. The Morgan fingerprint density at radius 2 is 2.08 bits per heavy atom. The predicted molar refractivity (Wildman–Crippen MR) is 92.5 cm³/mol. The monoisotopic (exact) mass is 340 g/mol. The van der Waals surface area contributed by atoms with Crippen LogP contribution in [0.15, 0.2) is 35.4 Å². The molecule has 8 heteroatoms. The molecule has 3 aromatic heterocycles. The molecular weight excluding hydrogens is 324 g/mol. The Balaban J connectivity index is 1.80. The summed E-state index contributed by atoms with van der Waals surface area (Å²) in [7, 11) is 0. The summed E-state index contributed by atoms with van der Waals surface area (Å²) in [5.74, 6) is 0.853. The molecule has 1 atom stereocenters. The third-order valence-corrected chi connectivity index (χ3v) is 5.08. The molecule has 24 heavy (non-hydrogen) atoms. The van der Waals surface area contributed by atoms with Gasteiger partial charge in [-0.1, -0.05) is 30.4 Å². The summed E-state index contributed by atoms with van der Waals surface area (Å²) in [6, 6.07) is 7.15. The molecule has 0 aliphatic carbocycles. The molecule has 0 aliphatic heterocycles. The zero-order valence-corrected chi connectivity index (χ0v) is 14.2. The molecule has 0 aliphatic rings. The molecule has 4 rings (SSSR count). The van der Waals surface area contributed by atoms with Crippen molar-refractivity contribution >= 4 is 27.2 Å². The Labute approximate surface area is 141 Å². The van der Waals surface area contributed by atoms with Crippen LogP contribution in [0.3, 0.4) is 0 Å². The number of aromatic nitrogens is 6. The van der Waals surface area contributed by atoms with Crippen molar-refractivity contribution in [3.05, 3.63) is 51.8 Å².